The number of methoxy groups -OCH3 is 1. The van der Waals surface area contributed by atoms with Crippen LogP contribution in [0.2, 0.25) is 0 Å². The lowest BCUT2D eigenvalue weighted by Crippen LogP contribution is -2.12. The largest absolute Gasteiger partial charge is 0.497 e. The molecule has 1 aromatic carbocycles. The summed E-state index contributed by atoms with van der Waals surface area (Å²) in [7, 11) is 1.59. The summed E-state index contributed by atoms with van der Waals surface area (Å²) >= 11 is 2.16. The SMILES string of the molecule is COc1ccc(C(=O)Nc2ccc(I)cn2)cc1. The molecular formula is C13H11IN2O2. The minimum Gasteiger partial charge on any atom is -0.497 e. The molecule has 0 aliphatic carbocycles. The first-order chi connectivity index (χ1) is 8.69. The van der Waals surface area contributed by atoms with Crippen LogP contribution in [-0.4, -0.2) is 18.0 Å². The topological polar surface area (TPSA) is 51.2 Å². The number of hydrogen-bond acceptors (Lipinski definition) is 3. The van der Waals surface area contributed by atoms with Crippen molar-refractivity contribution in [3.8, 4) is 5.75 Å². The molecule has 0 bridgehead atoms. The van der Waals surface area contributed by atoms with Crippen LogP contribution in [0.25, 0.3) is 0 Å². The van der Waals surface area contributed by atoms with E-state index in [1.54, 1.807) is 43.6 Å². The first-order valence-electron chi connectivity index (χ1n) is 5.26. The van der Waals surface area contributed by atoms with E-state index < -0.39 is 0 Å². The number of hydrogen-bond donors (Lipinski definition) is 1. The molecule has 92 valence electrons. The zero-order chi connectivity index (χ0) is 13.0. The standard InChI is InChI=1S/C13H11IN2O2/c1-18-11-5-2-9(3-6-11)13(17)16-12-7-4-10(14)8-15-12/h2-8H,1H3,(H,15,16,17). The molecule has 0 radical (unpaired) electrons. The lowest BCUT2D eigenvalue weighted by Gasteiger charge is -2.05. The second-order valence-corrected chi connectivity index (χ2v) is 4.79. The van der Waals surface area contributed by atoms with E-state index in [0.29, 0.717) is 11.4 Å². The quantitative estimate of drug-likeness (QED) is 0.863. The summed E-state index contributed by atoms with van der Waals surface area (Å²) in [5.74, 6) is 1.07. The molecule has 0 saturated carbocycles. The minimum absolute atomic E-state index is 0.189. The van der Waals surface area contributed by atoms with Crippen molar-refractivity contribution in [2.75, 3.05) is 12.4 Å². The van der Waals surface area contributed by atoms with E-state index in [2.05, 4.69) is 32.9 Å². The van der Waals surface area contributed by atoms with E-state index in [1.807, 2.05) is 6.07 Å². The number of anilines is 1. The van der Waals surface area contributed by atoms with Gasteiger partial charge in [-0.05, 0) is 59.0 Å². The summed E-state index contributed by atoms with van der Waals surface area (Å²) in [5.41, 5.74) is 0.566. The van der Waals surface area contributed by atoms with E-state index in [4.69, 9.17) is 4.74 Å². The molecule has 0 fully saturated rings. The summed E-state index contributed by atoms with van der Waals surface area (Å²) in [6.07, 6.45) is 1.70. The highest BCUT2D eigenvalue weighted by molar-refractivity contribution is 14.1. The second-order valence-electron chi connectivity index (χ2n) is 3.54. The first-order valence-corrected chi connectivity index (χ1v) is 6.34. The van der Waals surface area contributed by atoms with Gasteiger partial charge in [0.2, 0.25) is 0 Å². The molecule has 1 heterocycles. The van der Waals surface area contributed by atoms with Gasteiger partial charge >= 0.3 is 0 Å². The smallest absolute Gasteiger partial charge is 0.256 e. The number of nitrogens with one attached hydrogen (secondary N) is 1. The van der Waals surface area contributed by atoms with E-state index in [0.717, 1.165) is 9.32 Å². The van der Waals surface area contributed by atoms with Crippen molar-refractivity contribution in [2.45, 2.75) is 0 Å². The van der Waals surface area contributed by atoms with Crippen LogP contribution in [-0.2, 0) is 0 Å². The van der Waals surface area contributed by atoms with Crippen LogP contribution in [0.4, 0.5) is 5.82 Å². The minimum atomic E-state index is -0.189. The maximum atomic E-state index is 11.9. The molecule has 1 N–H and O–H groups in total. The Morgan fingerprint density at radius 1 is 1.22 bits per heavy atom. The molecule has 18 heavy (non-hydrogen) atoms. The lowest BCUT2D eigenvalue weighted by molar-refractivity contribution is 0.102. The predicted molar refractivity (Wildman–Crippen MR) is 77.9 cm³/mol. The Balaban J connectivity index is 2.09. The van der Waals surface area contributed by atoms with Gasteiger partial charge in [0.05, 0.1) is 7.11 Å². The molecule has 1 amide bonds. The monoisotopic (exact) mass is 354 g/mol. The fourth-order valence-corrected chi connectivity index (χ4v) is 1.70. The first kappa shape index (κ1) is 12.8. The molecule has 0 aliphatic heterocycles. The van der Waals surface area contributed by atoms with Gasteiger partial charge in [0.1, 0.15) is 11.6 Å². The number of pyridine rings is 1. The van der Waals surface area contributed by atoms with Crippen molar-refractivity contribution in [1.82, 2.24) is 4.98 Å². The molecule has 5 heteroatoms. The molecule has 0 aliphatic rings. The van der Waals surface area contributed by atoms with Gasteiger partial charge < -0.3 is 10.1 Å². The maximum absolute atomic E-state index is 11.9. The van der Waals surface area contributed by atoms with Crippen molar-refractivity contribution in [3.63, 3.8) is 0 Å². The number of rotatable bonds is 3. The van der Waals surface area contributed by atoms with Crippen LogP contribution in [0.5, 0.6) is 5.75 Å². The van der Waals surface area contributed by atoms with Gasteiger partial charge in [0.25, 0.3) is 5.91 Å². The van der Waals surface area contributed by atoms with Crippen molar-refractivity contribution < 1.29 is 9.53 Å². The van der Waals surface area contributed by atoms with E-state index in [1.165, 1.54) is 0 Å². The summed E-state index contributed by atoms with van der Waals surface area (Å²) in [4.78, 5) is 16.0. The number of benzene rings is 1. The molecule has 1 aromatic heterocycles. The van der Waals surface area contributed by atoms with Crippen LogP contribution in [0.1, 0.15) is 10.4 Å². The van der Waals surface area contributed by atoms with Crippen LogP contribution in [0.15, 0.2) is 42.6 Å². The Kier molecular flexibility index (Phi) is 4.14. The lowest BCUT2D eigenvalue weighted by atomic mass is 10.2. The van der Waals surface area contributed by atoms with Crippen LogP contribution in [0.3, 0.4) is 0 Å². The molecule has 0 spiro atoms. The number of halogens is 1. The van der Waals surface area contributed by atoms with Gasteiger partial charge in [0.15, 0.2) is 0 Å². The van der Waals surface area contributed by atoms with Gasteiger partial charge in [-0.3, -0.25) is 4.79 Å². The van der Waals surface area contributed by atoms with E-state index in [-0.39, 0.29) is 5.91 Å². The highest BCUT2D eigenvalue weighted by Gasteiger charge is 2.06. The van der Waals surface area contributed by atoms with E-state index >= 15 is 0 Å². The Morgan fingerprint density at radius 3 is 2.50 bits per heavy atom. The summed E-state index contributed by atoms with van der Waals surface area (Å²) < 4.78 is 6.06. The summed E-state index contributed by atoms with van der Waals surface area (Å²) in [5, 5.41) is 2.73. The Morgan fingerprint density at radius 2 is 1.94 bits per heavy atom. The molecule has 2 rings (SSSR count). The molecule has 0 unspecified atom stereocenters. The van der Waals surface area contributed by atoms with Crippen molar-refractivity contribution in [1.29, 1.82) is 0 Å². The Bertz CT molecular complexity index is 538. The predicted octanol–water partition coefficient (Wildman–Crippen LogP) is 2.95. The zero-order valence-corrected chi connectivity index (χ0v) is 11.8. The number of amides is 1. The Hall–Kier alpha value is -1.63. The molecule has 0 atom stereocenters. The van der Waals surface area contributed by atoms with Gasteiger partial charge in [-0.2, -0.15) is 0 Å². The zero-order valence-electron chi connectivity index (χ0n) is 9.68. The molecule has 0 saturated heterocycles. The number of carbonyl (C=O) groups excluding carboxylic acids is 1. The number of ether oxygens (including phenoxy) is 1. The number of nitrogens with zero attached hydrogens (tertiary/aromatic N) is 1. The average molecular weight is 354 g/mol. The van der Waals surface area contributed by atoms with Gasteiger partial charge in [0, 0.05) is 15.3 Å². The van der Waals surface area contributed by atoms with Crippen LogP contribution < -0.4 is 10.1 Å². The highest BCUT2D eigenvalue weighted by atomic mass is 127. The third-order valence-electron chi connectivity index (χ3n) is 2.32. The third-order valence-corrected chi connectivity index (χ3v) is 2.96. The van der Waals surface area contributed by atoms with Crippen LogP contribution >= 0.6 is 22.6 Å². The van der Waals surface area contributed by atoms with Crippen LogP contribution in [0, 0.1) is 3.57 Å². The average Bonchev–Trinajstić information content (AvgIpc) is 2.41. The highest BCUT2D eigenvalue weighted by Crippen LogP contribution is 2.13. The summed E-state index contributed by atoms with van der Waals surface area (Å²) in [6, 6.07) is 10.6. The van der Waals surface area contributed by atoms with Crippen molar-refractivity contribution in [3.05, 3.63) is 51.7 Å². The van der Waals surface area contributed by atoms with Gasteiger partial charge in [-0.15, -0.1) is 0 Å². The second kappa shape index (κ2) is 5.81. The fraction of sp³-hybridized carbons (Fsp3) is 0.0769. The van der Waals surface area contributed by atoms with E-state index in [9.17, 15) is 4.79 Å². The molecular weight excluding hydrogens is 343 g/mol. The third kappa shape index (κ3) is 3.19. The van der Waals surface area contributed by atoms with Gasteiger partial charge in [-0.25, -0.2) is 4.98 Å². The Labute approximate surface area is 119 Å². The molecule has 4 nitrogen and oxygen atoms in total. The maximum Gasteiger partial charge on any atom is 0.256 e. The van der Waals surface area contributed by atoms with Crippen molar-refractivity contribution in [2.24, 2.45) is 0 Å². The summed E-state index contributed by atoms with van der Waals surface area (Å²) in [6.45, 7) is 0. The molecule has 2 aromatic rings. The van der Waals surface area contributed by atoms with Crippen molar-refractivity contribution >= 4 is 34.3 Å². The number of aromatic nitrogens is 1. The fourth-order valence-electron chi connectivity index (χ4n) is 1.38. The van der Waals surface area contributed by atoms with Gasteiger partial charge in [-0.1, -0.05) is 0 Å². The number of carbonyl (C=O) groups is 1. The normalized spacial score (nSPS) is 9.89.